The maximum Gasteiger partial charge on any atom is 0.389 e. The molecule has 0 aromatic heterocycles. The Morgan fingerprint density at radius 2 is 1.83 bits per heavy atom. The quantitative estimate of drug-likeness (QED) is 0.757. The van der Waals surface area contributed by atoms with Crippen molar-refractivity contribution in [3.05, 3.63) is 34.9 Å². The van der Waals surface area contributed by atoms with Crippen LogP contribution in [-0.2, 0) is 6.54 Å². The molecule has 0 amide bonds. The molecule has 0 heterocycles. The van der Waals surface area contributed by atoms with Gasteiger partial charge in [0.15, 0.2) is 0 Å². The number of nitrogens with one attached hydrogen (secondary N) is 1. The summed E-state index contributed by atoms with van der Waals surface area (Å²) in [5.74, 6) is 0. The topological polar surface area (TPSA) is 12.0 Å². The van der Waals surface area contributed by atoms with Gasteiger partial charge in [-0.25, -0.2) is 0 Å². The summed E-state index contributed by atoms with van der Waals surface area (Å²) in [6.45, 7) is 5.43. The molecule has 0 radical (unpaired) electrons. The Balaban J connectivity index is 2.20. The van der Waals surface area contributed by atoms with E-state index in [2.05, 4.69) is 23.5 Å². The number of unbranched alkanes of at least 4 members (excludes halogenated alkanes) is 1. The van der Waals surface area contributed by atoms with Crippen molar-refractivity contribution in [3.8, 4) is 0 Å². The number of rotatable bonds is 6. The largest absolute Gasteiger partial charge is 0.389 e. The van der Waals surface area contributed by atoms with E-state index in [1.807, 2.05) is 13.8 Å². The first kappa shape index (κ1) is 15.0. The third-order valence-electron chi connectivity index (χ3n) is 2.88. The third-order valence-corrected chi connectivity index (χ3v) is 2.88. The maximum atomic E-state index is 11.9. The van der Waals surface area contributed by atoms with Crippen molar-refractivity contribution in [3.63, 3.8) is 0 Å². The van der Waals surface area contributed by atoms with Crippen molar-refractivity contribution in [2.24, 2.45) is 0 Å². The standard InChI is InChI=1S/C14H20F3N/c1-11-5-6-12(2)13(9-11)10-18-8-4-3-7-14(15,16)17/h5-6,9,18H,3-4,7-8,10H2,1-2H3. The highest BCUT2D eigenvalue weighted by Gasteiger charge is 2.25. The second kappa shape index (κ2) is 6.78. The molecule has 0 saturated heterocycles. The van der Waals surface area contributed by atoms with Crippen LogP contribution in [0.25, 0.3) is 0 Å². The van der Waals surface area contributed by atoms with Crippen molar-refractivity contribution in [2.45, 2.75) is 45.8 Å². The van der Waals surface area contributed by atoms with Crippen LogP contribution in [0.5, 0.6) is 0 Å². The molecule has 0 unspecified atom stereocenters. The molecule has 1 aromatic carbocycles. The normalized spacial score (nSPS) is 11.8. The van der Waals surface area contributed by atoms with E-state index in [1.165, 1.54) is 16.7 Å². The Morgan fingerprint density at radius 1 is 1.11 bits per heavy atom. The van der Waals surface area contributed by atoms with Crippen LogP contribution in [-0.4, -0.2) is 12.7 Å². The second-order valence-electron chi connectivity index (χ2n) is 4.68. The molecular formula is C14H20F3N. The van der Waals surface area contributed by atoms with Crippen LogP contribution in [0.4, 0.5) is 13.2 Å². The van der Waals surface area contributed by atoms with E-state index >= 15 is 0 Å². The van der Waals surface area contributed by atoms with E-state index < -0.39 is 12.6 Å². The lowest BCUT2D eigenvalue weighted by Crippen LogP contribution is -2.16. The summed E-state index contributed by atoms with van der Waals surface area (Å²) in [6, 6.07) is 6.23. The lowest BCUT2D eigenvalue weighted by molar-refractivity contribution is -0.135. The number of hydrogen-bond donors (Lipinski definition) is 1. The van der Waals surface area contributed by atoms with E-state index in [1.54, 1.807) is 0 Å². The van der Waals surface area contributed by atoms with Crippen molar-refractivity contribution >= 4 is 0 Å². The van der Waals surface area contributed by atoms with Gasteiger partial charge in [-0.05, 0) is 44.4 Å². The van der Waals surface area contributed by atoms with Gasteiger partial charge in [-0.1, -0.05) is 23.8 Å². The van der Waals surface area contributed by atoms with Crippen molar-refractivity contribution in [2.75, 3.05) is 6.54 Å². The molecule has 0 aliphatic heterocycles. The molecule has 0 aliphatic carbocycles. The Morgan fingerprint density at radius 3 is 2.50 bits per heavy atom. The fourth-order valence-electron chi connectivity index (χ4n) is 1.79. The minimum Gasteiger partial charge on any atom is -0.313 e. The third kappa shape index (κ3) is 6.05. The molecule has 102 valence electrons. The van der Waals surface area contributed by atoms with Gasteiger partial charge in [0, 0.05) is 13.0 Å². The molecule has 1 aromatic rings. The number of alkyl halides is 3. The predicted molar refractivity (Wildman–Crippen MR) is 67.5 cm³/mol. The zero-order chi connectivity index (χ0) is 13.6. The monoisotopic (exact) mass is 259 g/mol. The Kier molecular flexibility index (Phi) is 5.66. The van der Waals surface area contributed by atoms with Crippen LogP contribution in [0.3, 0.4) is 0 Å². The molecule has 1 rings (SSSR count). The first-order valence-corrected chi connectivity index (χ1v) is 6.22. The summed E-state index contributed by atoms with van der Waals surface area (Å²) < 4.78 is 35.7. The average molecular weight is 259 g/mol. The Labute approximate surface area is 106 Å². The van der Waals surface area contributed by atoms with Crippen molar-refractivity contribution in [1.29, 1.82) is 0 Å². The van der Waals surface area contributed by atoms with Gasteiger partial charge in [0.2, 0.25) is 0 Å². The summed E-state index contributed by atoms with van der Waals surface area (Å²) in [7, 11) is 0. The van der Waals surface area contributed by atoms with Crippen LogP contribution in [0, 0.1) is 13.8 Å². The minimum absolute atomic E-state index is 0.198. The Bertz CT molecular complexity index is 372. The highest BCUT2D eigenvalue weighted by Crippen LogP contribution is 2.21. The lowest BCUT2D eigenvalue weighted by Gasteiger charge is -2.09. The second-order valence-corrected chi connectivity index (χ2v) is 4.68. The smallest absolute Gasteiger partial charge is 0.313 e. The van der Waals surface area contributed by atoms with E-state index in [0.717, 1.165) is 6.54 Å². The summed E-state index contributed by atoms with van der Waals surface area (Å²) in [4.78, 5) is 0. The molecule has 0 spiro atoms. The highest BCUT2D eigenvalue weighted by atomic mass is 19.4. The molecule has 0 bridgehead atoms. The zero-order valence-electron chi connectivity index (χ0n) is 10.9. The fraction of sp³-hybridized carbons (Fsp3) is 0.571. The van der Waals surface area contributed by atoms with Gasteiger partial charge in [-0.3, -0.25) is 0 Å². The molecule has 18 heavy (non-hydrogen) atoms. The molecule has 0 atom stereocenters. The van der Waals surface area contributed by atoms with Crippen molar-refractivity contribution in [1.82, 2.24) is 5.32 Å². The van der Waals surface area contributed by atoms with Crippen LogP contribution < -0.4 is 5.32 Å². The van der Waals surface area contributed by atoms with Gasteiger partial charge in [0.05, 0.1) is 0 Å². The van der Waals surface area contributed by atoms with E-state index in [9.17, 15) is 13.2 Å². The summed E-state index contributed by atoms with van der Waals surface area (Å²) in [5.41, 5.74) is 3.63. The molecule has 1 nitrogen and oxygen atoms in total. The molecule has 4 heteroatoms. The van der Waals surface area contributed by atoms with Gasteiger partial charge < -0.3 is 5.32 Å². The summed E-state index contributed by atoms with van der Waals surface area (Å²) >= 11 is 0. The number of halogens is 3. The predicted octanol–water partition coefficient (Wildman–Crippen LogP) is 4.13. The van der Waals surface area contributed by atoms with Gasteiger partial charge in [0.25, 0.3) is 0 Å². The number of aryl methyl sites for hydroxylation is 2. The minimum atomic E-state index is -4.02. The first-order valence-electron chi connectivity index (χ1n) is 6.22. The van der Waals surface area contributed by atoms with E-state index in [4.69, 9.17) is 0 Å². The van der Waals surface area contributed by atoms with Crippen molar-refractivity contribution < 1.29 is 13.2 Å². The van der Waals surface area contributed by atoms with Gasteiger partial charge in [0.1, 0.15) is 0 Å². The summed E-state index contributed by atoms with van der Waals surface area (Å²) in [6.07, 6.45) is -3.95. The zero-order valence-corrected chi connectivity index (χ0v) is 10.9. The average Bonchev–Trinajstić information content (AvgIpc) is 2.26. The fourth-order valence-corrected chi connectivity index (χ4v) is 1.79. The van der Waals surface area contributed by atoms with Gasteiger partial charge >= 0.3 is 6.18 Å². The SMILES string of the molecule is Cc1ccc(C)c(CNCCCCC(F)(F)F)c1. The van der Waals surface area contributed by atoms with Crippen LogP contribution in [0.1, 0.15) is 36.0 Å². The van der Waals surface area contributed by atoms with Gasteiger partial charge in [-0.2, -0.15) is 13.2 Å². The molecule has 0 aliphatic rings. The molecule has 0 saturated carbocycles. The van der Waals surface area contributed by atoms with Crippen LogP contribution in [0.15, 0.2) is 18.2 Å². The highest BCUT2D eigenvalue weighted by molar-refractivity contribution is 5.30. The lowest BCUT2D eigenvalue weighted by atomic mass is 10.1. The van der Waals surface area contributed by atoms with Crippen LogP contribution in [0.2, 0.25) is 0 Å². The number of benzene rings is 1. The molecule has 0 fully saturated rings. The van der Waals surface area contributed by atoms with E-state index in [-0.39, 0.29) is 6.42 Å². The Hall–Kier alpha value is -1.03. The number of hydrogen-bond acceptors (Lipinski definition) is 1. The molecule has 1 N–H and O–H groups in total. The summed E-state index contributed by atoms with van der Waals surface area (Å²) in [5, 5.41) is 3.19. The van der Waals surface area contributed by atoms with Gasteiger partial charge in [-0.15, -0.1) is 0 Å². The molecular weight excluding hydrogens is 239 g/mol. The maximum absolute atomic E-state index is 11.9. The first-order chi connectivity index (χ1) is 8.38. The van der Waals surface area contributed by atoms with E-state index in [0.29, 0.717) is 13.0 Å². The van der Waals surface area contributed by atoms with Crippen LogP contribution >= 0.6 is 0 Å².